The maximum Gasteiger partial charge on any atom is 0.119 e. The third kappa shape index (κ3) is 5.08. The van der Waals surface area contributed by atoms with Crippen LogP contribution < -0.4 is 10.1 Å². The van der Waals surface area contributed by atoms with Crippen molar-refractivity contribution in [2.24, 2.45) is 0 Å². The lowest BCUT2D eigenvalue weighted by Crippen LogP contribution is -2.40. The van der Waals surface area contributed by atoms with Gasteiger partial charge in [0.1, 0.15) is 18.5 Å². The Morgan fingerprint density at radius 2 is 2.04 bits per heavy atom. The summed E-state index contributed by atoms with van der Waals surface area (Å²) in [5.74, 6) is 0.640. The molecule has 0 saturated heterocycles. The maximum atomic E-state index is 10.1. The van der Waals surface area contributed by atoms with Gasteiger partial charge >= 0.3 is 0 Å². The molecule has 3 atom stereocenters. The third-order valence-electron chi connectivity index (χ3n) is 3.97. The predicted octanol–water partition coefficient (Wildman–Crippen LogP) is 2.04. The highest BCUT2D eigenvalue weighted by molar-refractivity contribution is 5.34. The Labute approximate surface area is 142 Å². The topological polar surface area (TPSA) is 83.1 Å². The molecule has 1 aromatic heterocycles. The summed E-state index contributed by atoms with van der Waals surface area (Å²) < 4.78 is 7.45. The Morgan fingerprint density at radius 1 is 1.33 bits per heavy atom. The van der Waals surface area contributed by atoms with Crippen molar-refractivity contribution in [1.29, 1.82) is 5.26 Å². The van der Waals surface area contributed by atoms with Crippen LogP contribution in [0.2, 0.25) is 0 Å². The second-order valence-corrected chi connectivity index (χ2v) is 6.04. The van der Waals surface area contributed by atoms with E-state index in [0.717, 1.165) is 5.56 Å². The summed E-state index contributed by atoms with van der Waals surface area (Å²) in [6.45, 7) is 6.79. The average molecular weight is 328 g/mol. The summed E-state index contributed by atoms with van der Waals surface area (Å²) >= 11 is 0. The van der Waals surface area contributed by atoms with Crippen LogP contribution in [0.1, 0.15) is 31.0 Å². The molecule has 0 saturated carbocycles. The highest BCUT2D eigenvalue weighted by atomic mass is 16.5. The van der Waals surface area contributed by atoms with Crippen molar-refractivity contribution in [3.8, 4) is 11.8 Å². The van der Waals surface area contributed by atoms with Crippen LogP contribution in [-0.4, -0.2) is 40.2 Å². The molecule has 1 aromatic carbocycles. The Balaban J connectivity index is 1.73. The van der Waals surface area contributed by atoms with Crippen LogP contribution in [0.5, 0.6) is 5.75 Å². The number of nitrogens with one attached hydrogen (secondary N) is 1. The first-order valence-electron chi connectivity index (χ1n) is 8.04. The molecule has 0 bridgehead atoms. The number of aromatic nitrogens is 2. The summed E-state index contributed by atoms with van der Waals surface area (Å²) in [5, 5.41) is 26.4. The molecular formula is C18H24N4O2. The van der Waals surface area contributed by atoms with Gasteiger partial charge in [-0.05, 0) is 50.6 Å². The van der Waals surface area contributed by atoms with Gasteiger partial charge in [-0.25, -0.2) is 0 Å². The minimum Gasteiger partial charge on any atom is -0.491 e. The van der Waals surface area contributed by atoms with Gasteiger partial charge in [-0.3, -0.25) is 4.68 Å². The molecule has 0 fully saturated rings. The zero-order valence-corrected chi connectivity index (χ0v) is 14.3. The molecule has 0 unspecified atom stereocenters. The lowest BCUT2D eigenvalue weighted by molar-refractivity contribution is 0.102. The van der Waals surface area contributed by atoms with Crippen LogP contribution in [-0.2, 0) is 0 Å². The molecule has 6 nitrogen and oxygen atoms in total. The molecule has 0 aliphatic rings. The highest BCUT2D eigenvalue weighted by Crippen LogP contribution is 2.12. The predicted molar refractivity (Wildman–Crippen MR) is 91.8 cm³/mol. The Kier molecular flexibility index (Phi) is 6.36. The summed E-state index contributed by atoms with van der Waals surface area (Å²) in [6.07, 6.45) is 3.23. The van der Waals surface area contributed by atoms with Crippen molar-refractivity contribution < 1.29 is 9.84 Å². The molecule has 0 aliphatic heterocycles. The summed E-state index contributed by atoms with van der Waals surface area (Å²) in [5.41, 5.74) is 1.71. The molecule has 0 aliphatic carbocycles. The number of rotatable bonds is 8. The van der Waals surface area contributed by atoms with Crippen LogP contribution in [0.15, 0.2) is 36.7 Å². The maximum absolute atomic E-state index is 10.1. The Bertz CT molecular complexity index is 675. The number of aliphatic hydroxyl groups excluding tert-OH is 1. The van der Waals surface area contributed by atoms with Gasteiger partial charge in [0.25, 0.3) is 0 Å². The van der Waals surface area contributed by atoms with Gasteiger partial charge in [-0.15, -0.1) is 0 Å². The molecule has 2 rings (SSSR count). The van der Waals surface area contributed by atoms with Gasteiger partial charge in [-0.1, -0.05) is 0 Å². The van der Waals surface area contributed by atoms with E-state index in [4.69, 9.17) is 10.00 Å². The van der Waals surface area contributed by atoms with E-state index in [1.54, 1.807) is 24.3 Å². The van der Waals surface area contributed by atoms with Gasteiger partial charge in [0.05, 0.1) is 23.9 Å². The van der Waals surface area contributed by atoms with Gasteiger partial charge in [-0.2, -0.15) is 10.4 Å². The fourth-order valence-electron chi connectivity index (χ4n) is 2.25. The van der Waals surface area contributed by atoms with Crippen LogP contribution >= 0.6 is 0 Å². The fourth-order valence-corrected chi connectivity index (χ4v) is 2.25. The zero-order chi connectivity index (χ0) is 17.5. The average Bonchev–Trinajstić information content (AvgIpc) is 3.04. The van der Waals surface area contributed by atoms with E-state index in [0.29, 0.717) is 17.9 Å². The Morgan fingerprint density at radius 3 is 2.62 bits per heavy atom. The minimum absolute atomic E-state index is 0.161. The SMILES string of the molecule is Cc1cnn([C@H](C)[C@H](C)NC[C@@H](O)COc2ccc(C#N)cc2)c1. The number of aliphatic hydroxyl groups is 1. The van der Waals surface area contributed by atoms with E-state index in [9.17, 15) is 5.11 Å². The van der Waals surface area contributed by atoms with Crippen LogP contribution in [0.25, 0.3) is 0 Å². The Hall–Kier alpha value is -2.36. The van der Waals surface area contributed by atoms with E-state index in [1.807, 2.05) is 24.0 Å². The second-order valence-electron chi connectivity index (χ2n) is 6.04. The van der Waals surface area contributed by atoms with E-state index in [-0.39, 0.29) is 18.7 Å². The van der Waals surface area contributed by atoms with E-state index in [2.05, 4.69) is 30.3 Å². The fraction of sp³-hybridized carbons (Fsp3) is 0.444. The summed E-state index contributed by atoms with van der Waals surface area (Å²) in [7, 11) is 0. The van der Waals surface area contributed by atoms with Gasteiger partial charge in [0.15, 0.2) is 0 Å². The monoisotopic (exact) mass is 328 g/mol. The normalized spacial score (nSPS) is 14.6. The molecule has 128 valence electrons. The first-order chi connectivity index (χ1) is 11.5. The molecule has 0 amide bonds. The van der Waals surface area contributed by atoms with E-state index in [1.165, 1.54) is 0 Å². The minimum atomic E-state index is -0.616. The van der Waals surface area contributed by atoms with Crippen LogP contribution in [0.4, 0.5) is 0 Å². The lowest BCUT2D eigenvalue weighted by atomic mass is 10.1. The van der Waals surface area contributed by atoms with Crippen molar-refractivity contribution in [1.82, 2.24) is 15.1 Å². The van der Waals surface area contributed by atoms with Crippen molar-refractivity contribution in [3.05, 3.63) is 47.8 Å². The molecule has 0 spiro atoms. The number of hydrogen-bond acceptors (Lipinski definition) is 5. The molecule has 2 N–H and O–H groups in total. The highest BCUT2D eigenvalue weighted by Gasteiger charge is 2.16. The molecular weight excluding hydrogens is 304 g/mol. The summed E-state index contributed by atoms with van der Waals surface area (Å²) in [6, 6.07) is 9.23. The molecule has 0 radical (unpaired) electrons. The number of nitrogens with zero attached hydrogens (tertiary/aromatic N) is 3. The smallest absolute Gasteiger partial charge is 0.119 e. The largest absolute Gasteiger partial charge is 0.491 e. The molecule has 24 heavy (non-hydrogen) atoms. The third-order valence-corrected chi connectivity index (χ3v) is 3.97. The summed E-state index contributed by atoms with van der Waals surface area (Å²) in [4.78, 5) is 0. The number of ether oxygens (including phenoxy) is 1. The molecule has 1 heterocycles. The van der Waals surface area contributed by atoms with Crippen molar-refractivity contribution in [3.63, 3.8) is 0 Å². The number of nitriles is 1. The van der Waals surface area contributed by atoms with Crippen LogP contribution in [0, 0.1) is 18.3 Å². The second kappa shape index (κ2) is 8.48. The van der Waals surface area contributed by atoms with E-state index >= 15 is 0 Å². The van der Waals surface area contributed by atoms with E-state index < -0.39 is 6.10 Å². The number of benzene rings is 1. The molecule has 2 aromatic rings. The van der Waals surface area contributed by atoms with Gasteiger partial charge in [0.2, 0.25) is 0 Å². The standard InChI is InChI=1S/C18H24N4O2/c1-13-9-21-22(11-13)15(3)14(2)20-10-17(23)12-24-18-6-4-16(8-19)5-7-18/h4-7,9,11,14-15,17,20,23H,10,12H2,1-3H3/t14-,15+,17+/m0/s1. The van der Waals surface area contributed by atoms with Crippen LogP contribution in [0.3, 0.4) is 0 Å². The number of aryl methyl sites for hydroxylation is 1. The van der Waals surface area contributed by atoms with Gasteiger partial charge in [0, 0.05) is 18.8 Å². The van der Waals surface area contributed by atoms with Crippen molar-refractivity contribution in [2.45, 2.75) is 39.0 Å². The van der Waals surface area contributed by atoms with Gasteiger partial charge < -0.3 is 15.2 Å². The first-order valence-corrected chi connectivity index (χ1v) is 8.04. The quantitative estimate of drug-likeness (QED) is 0.775. The van der Waals surface area contributed by atoms with Crippen molar-refractivity contribution >= 4 is 0 Å². The lowest BCUT2D eigenvalue weighted by Gasteiger charge is -2.23. The number of hydrogen-bond donors (Lipinski definition) is 2. The van der Waals surface area contributed by atoms with Crippen molar-refractivity contribution in [2.75, 3.05) is 13.2 Å². The first kappa shape index (κ1) is 18.0. The molecule has 6 heteroatoms. The zero-order valence-electron chi connectivity index (χ0n) is 14.3.